The Kier molecular flexibility index (Phi) is 7.34. The van der Waals surface area contributed by atoms with Crippen LogP contribution < -0.4 is 0 Å². The molecule has 1 amide bonds. The van der Waals surface area contributed by atoms with Gasteiger partial charge in [-0.15, -0.1) is 0 Å². The number of hydrogen-bond acceptors (Lipinski definition) is 3. The van der Waals surface area contributed by atoms with Gasteiger partial charge in [0.15, 0.2) is 0 Å². The zero-order chi connectivity index (χ0) is 5.15. The van der Waals surface area contributed by atoms with Gasteiger partial charge < -0.3 is 5.11 Å². The third-order valence-electron chi connectivity index (χ3n) is 0.171. The van der Waals surface area contributed by atoms with Crippen LogP contribution in [0.1, 0.15) is 0 Å². The van der Waals surface area contributed by atoms with Crippen molar-refractivity contribution < 1.29 is 31.6 Å². The second-order valence-electron chi connectivity index (χ2n) is 0.572. The van der Waals surface area contributed by atoms with Crippen LogP contribution in [0.2, 0.25) is 0 Å². The Morgan fingerprint density at radius 3 is 1.71 bits per heavy atom. The molecule has 40 valence electrons. The summed E-state index contributed by atoms with van der Waals surface area (Å²) in [6, 6.07) is 0. The fourth-order valence-electron chi connectivity index (χ4n) is 0. The second-order valence-corrected chi connectivity index (χ2v) is 1.69. The van der Waals surface area contributed by atoms with Crippen molar-refractivity contribution in [3.63, 3.8) is 0 Å². The number of rotatable bonds is 0. The summed E-state index contributed by atoms with van der Waals surface area (Å²) >= 11 is 6.58. The van der Waals surface area contributed by atoms with Gasteiger partial charge >= 0.3 is 6.09 Å². The second kappa shape index (κ2) is 4.83. The summed E-state index contributed by atoms with van der Waals surface area (Å²) < 4.78 is 0.472. The molecule has 0 bridgehead atoms. The average molecular weight is 173 g/mol. The van der Waals surface area contributed by atoms with Gasteiger partial charge in [-0.3, -0.25) is 0 Å². The van der Waals surface area contributed by atoms with Crippen LogP contribution in [0, 0.1) is 0 Å². The topological polar surface area (TPSA) is 40.5 Å². The first-order chi connectivity index (χ1) is 2.64. The van der Waals surface area contributed by atoms with E-state index >= 15 is 0 Å². The van der Waals surface area contributed by atoms with Crippen LogP contribution in [0.3, 0.4) is 0 Å². The van der Waals surface area contributed by atoms with E-state index in [1.165, 1.54) is 0 Å². The van der Waals surface area contributed by atoms with Gasteiger partial charge in [-0.05, 0) is 25.6 Å². The molecule has 1 N–H and O–H groups in total. The van der Waals surface area contributed by atoms with Crippen molar-refractivity contribution in [2.24, 2.45) is 0 Å². The summed E-state index contributed by atoms with van der Waals surface area (Å²) in [5.74, 6) is 0. The Morgan fingerprint density at radius 2 is 1.71 bits per heavy atom. The van der Waals surface area contributed by atoms with Gasteiger partial charge in [-0.25, -0.2) is 4.79 Å². The van der Waals surface area contributed by atoms with Gasteiger partial charge in [0, 0.05) is 21.7 Å². The molecular weight excluding hydrogens is 170 g/mol. The summed E-state index contributed by atoms with van der Waals surface area (Å²) in [6.07, 6.45) is -1.18. The Morgan fingerprint density at radius 1 is 1.57 bits per heavy atom. The Labute approximate surface area is 67.0 Å². The molecule has 0 aliphatic rings. The maximum Gasteiger partial charge on any atom is 0.427 e. The Bertz CT molecular complexity index is 66.7. The summed E-state index contributed by atoms with van der Waals surface area (Å²) in [4.78, 5) is 9.47. The first kappa shape index (κ1) is 10.6. The van der Waals surface area contributed by atoms with Gasteiger partial charge in [0.25, 0.3) is 0 Å². The quantitative estimate of drug-likeness (QED) is 0.372. The molecule has 0 aliphatic heterocycles. The first-order valence-corrected chi connectivity index (χ1v) is 1.85. The summed E-state index contributed by atoms with van der Waals surface area (Å²) in [5, 5.41) is 7.76. The standard InChI is InChI=1S/CH3NO2S2.Ti/c3-1(4)2(5)6;/h5-6H,(H,3,4);. The molecule has 0 spiro atoms. The SMILES string of the molecule is O=C(O)N(S)S.[Ti]. The van der Waals surface area contributed by atoms with Gasteiger partial charge in [-0.2, -0.15) is 3.71 Å². The maximum atomic E-state index is 9.47. The number of hydrogen-bond donors (Lipinski definition) is 3. The molecule has 0 aromatic heterocycles. The molecule has 0 aromatic rings. The number of thiol groups is 2. The van der Waals surface area contributed by atoms with Crippen molar-refractivity contribution in [3.05, 3.63) is 0 Å². The predicted octanol–water partition coefficient (Wildman–Crippen LogP) is 0.653. The Balaban J connectivity index is 0. The van der Waals surface area contributed by atoms with E-state index in [1.54, 1.807) is 0 Å². The molecule has 0 aromatic carbocycles. The van der Waals surface area contributed by atoms with Crippen molar-refractivity contribution in [2.45, 2.75) is 0 Å². The molecule has 0 atom stereocenters. The largest absolute Gasteiger partial charge is 0.464 e. The van der Waals surface area contributed by atoms with Crippen molar-refractivity contribution in [2.75, 3.05) is 0 Å². The molecule has 3 nitrogen and oxygen atoms in total. The van der Waals surface area contributed by atoms with E-state index in [0.717, 1.165) is 0 Å². The van der Waals surface area contributed by atoms with E-state index in [2.05, 4.69) is 25.6 Å². The monoisotopic (exact) mass is 173 g/mol. The molecule has 0 radical (unpaired) electrons. The molecule has 0 aliphatic carbocycles. The van der Waals surface area contributed by atoms with Gasteiger partial charge in [-0.1, -0.05) is 0 Å². The van der Waals surface area contributed by atoms with Crippen molar-refractivity contribution in [1.82, 2.24) is 3.71 Å². The third kappa shape index (κ3) is 6.68. The van der Waals surface area contributed by atoms with E-state index < -0.39 is 6.09 Å². The Hall–Kier alpha value is 0.684. The van der Waals surface area contributed by atoms with Crippen LogP contribution in [-0.4, -0.2) is 14.9 Å². The van der Waals surface area contributed by atoms with Crippen LogP contribution in [0.4, 0.5) is 4.79 Å². The van der Waals surface area contributed by atoms with Crippen LogP contribution in [0.15, 0.2) is 0 Å². The minimum atomic E-state index is -1.18. The predicted molar refractivity (Wildman–Crippen MR) is 27.8 cm³/mol. The number of nitrogens with zero attached hydrogens (tertiary/aromatic N) is 1. The number of carboxylic acid groups (broad SMARTS) is 1. The zero-order valence-corrected chi connectivity index (χ0v) is 6.55. The van der Waals surface area contributed by atoms with Crippen molar-refractivity contribution >= 4 is 31.7 Å². The van der Waals surface area contributed by atoms with E-state index in [1.807, 2.05) is 0 Å². The molecule has 0 unspecified atom stereocenters. The third-order valence-corrected chi connectivity index (χ3v) is 0.513. The normalized spacial score (nSPS) is 6.57. The van der Waals surface area contributed by atoms with E-state index in [9.17, 15) is 4.79 Å². The molecular formula is CH3NO2S2Ti. The first-order valence-electron chi connectivity index (χ1n) is 1.05. The zero-order valence-electron chi connectivity index (χ0n) is 3.20. The van der Waals surface area contributed by atoms with Crippen LogP contribution >= 0.6 is 25.6 Å². The molecule has 7 heavy (non-hydrogen) atoms. The fraction of sp³-hybridized carbons (Fsp3) is 0. The van der Waals surface area contributed by atoms with E-state index in [0.29, 0.717) is 3.71 Å². The molecule has 6 heteroatoms. The fourth-order valence-corrected chi connectivity index (χ4v) is 0. The van der Waals surface area contributed by atoms with Crippen LogP contribution in [0.25, 0.3) is 0 Å². The minimum Gasteiger partial charge on any atom is -0.464 e. The van der Waals surface area contributed by atoms with E-state index in [-0.39, 0.29) is 21.7 Å². The van der Waals surface area contributed by atoms with Crippen LogP contribution in [0.5, 0.6) is 0 Å². The van der Waals surface area contributed by atoms with E-state index in [4.69, 9.17) is 5.11 Å². The summed E-state index contributed by atoms with van der Waals surface area (Å²) in [6.45, 7) is 0. The van der Waals surface area contributed by atoms with Crippen molar-refractivity contribution in [3.8, 4) is 0 Å². The van der Waals surface area contributed by atoms with Crippen LogP contribution in [-0.2, 0) is 21.7 Å². The molecule has 0 heterocycles. The number of amides is 1. The number of carbonyl (C=O) groups is 1. The molecule has 0 saturated carbocycles. The summed E-state index contributed by atoms with van der Waals surface area (Å²) in [5.41, 5.74) is 0. The minimum absolute atomic E-state index is 0. The van der Waals surface area contributed by atoms with Crippen molar-refractivity contribution in [1.29, 1.82) is 0 Å². The van der Waals surface area contributed by atoms with Gasteiger partial charge in [0.05, 0.1) is 0 Å². The molecule has 0 saturated heterocycles. The maximum absolute atomic E-state index is 9.47. The van der Waals surface area contributed by atoms with Gasteiger partial charge in [0.1, 0.15) is 0 Å². The molecule has 0 rings (SSSR count). The smallest absolute Gasteiger partial charge is 0.427 e. The summed E-state index contributed by atoms with van der Waals surface area (Å²) in [7, 11) is 0. The average Bonchev–Trinajstić information content (AvgIpc) is 1.36. The van der Waals surface area contributed by atoms with Gasteiger partial charge in [0.2, 0.25) is 0 Å². The molecule has 0 fully saturated rings.